The highest BCUT2D eigenvalue weighted by molar-refractivity contribution is 6.11. The quantitative estimate of drug-likeness (QED) is 0.187. The van der Waals surface area contributed by atoms with Gasteiger partial charge in [-0.05, 0) is 92.2 Å². The molecule has 0 amide bonds. The largest absolute Gasteiger partial charge is 0.456 e. The number of benzene rings is 8. The van der Waals surface area contributed by atoms with E-state index in [-0.39, 0.29) is 17.7 Å². The molecule has 2 N–H and O–H groups in total. The summed E-state index contributed by atoms with van der Waals surface area (Å²) in [5.41, 5.74) is 15.0. The average molecular weight is 710 g/mol. The lowest BCUT2D eigenvalue weighted by atomic mass is 9.82. The van der Waals surface area contributed by atoms with Crippen molar-refractivity contribution in [3.8, 4) is 22.3 Å². The van der Waals surface area contributed by atoms with E-state index in [1.165, 1.54) is 49.7 Å². The fourth-order valence-electron chi connectivity index (χ4n) is 9.18. The highest BCUT2D eigenvalue weighted by atomic mass is 16.3. The molecule has 55 heavy (non-hydrogen) atoms. The van der Waals surface area contributed by atoms with Crippen molar-refractivity contribution in [3.63, 3.8) is 0 Å². The average Bonchev–Trinajstić information content (AvgIpc) is 3.71. The van der Waals surface area contributed by atoms with Gasteiger partial charge in [-0.2, -0.15) is 0 Å². The highest BCUT2D eigenvalue weighted by Crippen LogP contribution is 2.50. The summed E-state index contributed by atoms with van der Waals surface area (Å²) in [7, 11) is 0. The maximum atomic E-state index is 6.81. The fraction of sp³-hybridized carbons (Fsp3) is 0.0980. The number of anilines is 3. The summed E-state index contributed by atoms with van der Waals surface area (Å²) in [5.74, 6) is 0. The zero-order valence-corrected chi connectivity index (χ0v) is 30.8. The molecule has 2 unspecified atom stereocenters. The van der Waals surface area contributed by atoms with Gasteiger partial charge in [-0.3, -0.25) is 5.32 Å². The van der Waals surface area contributed by atoms with E-state index in [1.807, 2.05) is 0 Å². The molecule has 11 rings (SSSR count). The smallest absolute Gasteiger partial charge is 0.160 e. The summed E-state index contributed by atoms with van der Waals surface area (Å²) >= 11 is 0. The van der Waals surface area contributed by atoms with Crippen LogP contribution in [-0.4, -0.2) is 6.29 Å². The van der Waals surface area contributed by atoms with Gasteiger partial charge in [-0.25, -0.2) is 0 Å². The number of nitrogens with one attached hydrogen (secondary N) is 2. The minimum absolute atomic E-state index is 0.130. The Hall–Kier alpha value is -6.62. The van der Waals surface area contributed by atoms with Crippen LogP contribution in [0.3, 0.4) is 0 Å². The molecule has 264 valence electrons. The summed E-state index contributed by atoms with van der Waals surface area (Å²) in [5, 5.41) is 12.7. The van der Waals surface area contributed by atoms with E-state index in [2.05, 4.69) is 205 Å². The molecule has 8 aromatic carbocycles. The van der Waals surface area contributed by atoms with Gasteiger partial charge in [0.2, 0.25) is 0 Å². The zero-order chi connectivity index (χ0) is 36.7. The molecule has 1 aliphatic carbocycles. The van der Waals surface area contributed by atoms with Gasteiger partial charge in [-0.15, -0.1) is 0 Å². The third-order valence-corrected chi connectivity index (χ3v) is 12.0. The Morgan fingerprint density at radius 3 is 2.05 bits per heavy atom. The number of fused-ring (bicyclic) bond motifs is 8. The van der Waals surface area contributed by atoms with E-state index in [0.29, 0.717) is 0 Å². The minimum atomic E-state index is -0.297. The first-order valence-electron chi connectivity index (χ1n) is 19.2. The maximum absolute atomic E-state index is 6.81. The monoisotopic (exact) mass is 709 g/mol. The number of para-hydroxylation sites is 2. The fourth-order valence-corrected chi connectivity index (χ4v) is 9.18. The molecule has 2 atom stereocenters. The number of hydrogen-bond acceptors (Lipinski definition) is 4. The van der Waals surface area contributed by atoms with Gasteiger partial charge in [0.15, 0.2) is 6.29 Å². The molecule has 0 fully saturated rings. The Balaban J connectivity index is 1.07. The van der Waals surface area contributed by atoms with Crippen molar-refractivity contribution in [1.82, 2.24) is 5.32 Å². The summed E-state index contributed by atoms with van der Waals surface area (Å²) in [6, 6.07) is 63.4. The molecule has 0 radical (unpaired) electrons. The Morgan fingerprint density at radius 1 is 0.527 bits per heavy atom. The van der Waals surface area contributed by atoms with Crippen LogP contribution in [0.15, 0.2) is 180 Å². The molecule has 1 aromatic heterocycles. The van der Waals surface area contributed by atoms with E-state index in [0.717, 1.165) is 44.6 Å². The number of hydrogen-bond donors (Lipinski definition) is 2. The summed E-state index contributed by atoms with van der Waals surface area (Å²) in [4.78, 5) is 2.42. The normalized spacial score (nSPS) is 16.8. The summed E-state index contributed by atoms with van der Waals surface area (Å²) < 4.78 is 6.81. The van der Waals surface area contributed by atoms with Gasteiger partial charge in [0.25, 0.3) is 0 Å². The molecule has 0 bridgehead atoms. The number of furan rings is 1. The summed E-state index contributed by atoms with van der Waals surface area (Å²) in [6.45, 7) is 4.70. The van der Waals surface area contributed by atoms with Crippen LogP contribution in [0.4, 0.5) is 17.1 Å². The third kappa shape index (κ3) is 5.02. The van der Waals surface area contributed by atoms with Gasteiger partial charge in [0.05, 0.1) is 6.04 Å². The second-order valence-corrected chi connectivity index (χ2v) is 15.4. The predicted octanol–water partition coefficient (Wildman–Crippen LogP) is 12.9. The second-order valence-electron chi connectivity index (χ2n) is 15.4. The SMILES string of the molecule is CC1(C)c2ccccc2-c2ccc(N(c3ccc(-c4ccccc4)cc3)C3Nc4ccccc4C(c4cccc5c4oc4cc6ccccc6cc45)N3)cc21. The maximum Gasteiger partial charge on any atom is 0.160 e. The van der Waals surface area contributed by atoms with E-state index in [1.54, 1.807) is 0 Å². The number of rotatable bonds is 5. The van der Waals surface area contributed by atoms with Crippen molar-refractivity contribution in [2.45, 2.75) is 31.6 Å². The third-order valence-electron chi connectivity index (χ3n) is 12.0. The molecule has 9 aromatic rings. The van der Waals surface area contributed by atoms with Crippen molar-refractivity contribution in [2.75, 3.05) is 10.2 Å². The van der Waals surface area contributed by atoms with Gasteiger partial charge in [0, 0.05) is 38.8 Å². The zero-order valence-electron chi connectivity index (χ0n) is 30.8. The van der Waals surface area contributed by atoms with Gasteiger partial charge in [0.1, 0.15) is 11.2 Å². The van der Waals surface area contributed by atoms with E-state index in [4.69, 9.17) is 4.42 Å². The lowest BCUT2D eigenvalue weighted by Crippen LogP contribution is -2.53. The van der Waals surface area contributed by atoms with Crippen molar-refractivity contribution < 1.29 is 4.42 Å². The van der Waals surface area contributed by atoms with Crippen LogP contribution in [0, 0.1) is 0 Å². The first kappa shape index (κ1) is 31.9. The Kier molecular flexibility index (Phi) is 7.07. The van der Waals surface area contributed by atoms with Crippen LogP contribution in [-0.2, 0) is 5.41 Å². The standard InChI is InChI=1S/C51H39N3O/c1-51(2)44-21-10-8-17-38(44)39-28-27-37(31-45(39)51)54(36-25-23-33(24-26-36)32-13-4-3-5-14-32)50-52-46-22-11-9-18-41(46)48(53-50)42-20-12-19-40-43-29-34-15-6-7-16-35(34)30-47(43)55-49(40)42/h3-31,48,50,52-53H,1-2H3. The molecule has 4 nitrogen and oxygen atoms in total. The van der Waals surface area contributed by atoms with Crippen LogP contribution in [0.2, 0.25) is 0 Å². The predicted molar refractivity (Wildman–Crippen MR) is 228 cm³/mol. The van der Waals surface area contributed by atoms with Crippen molar-refractivity contribution in [3.05, 3.63) is 198 Å². The van der Waals surface area contributed by atoms with Gasteiger partial charge in [-0.1, -0.05) is 147 Å². The molecule has 4 heteroatoms. The van der Waals surface area contributed by atoms with Gasteiger partial charge < -0.3 is 14.6 Å². The first-order valence-corrected chi connectivity index (χ1v) is 19.2. The van der Waals surface area contributed by atoms with E-state index in [9.17, 15) is 0 Å². The molecule has 0 spiro atoms. The first-order chi connectivity index (χ1) is 27.0. The van der Waals surface area contributed by atoms with Gasteiger partial charge >= 0.3 is 0 Å². The van der Waals surface area contributed by atoms with Crippen molar-refractivity contribution in [2.24, 2.45) is 0 Å². The van der Waals surface area contributed by atoms with Crippen LogP contribution >= 0.6 is 0 Å². The molecule has 1 aliphatic heterocycles. The van der Waals surface area contributed by atoms with Crippen LogP contribution < -0.4 is 15.5 Å². The van der Waals surface area contributed by atoms with E-state index < -0.39 is 0 Å². The van der Waals surface area contributed by atoms with Crippen molar-refractivity contribution in [1.29, 1.82) is 0 Å². The van der Waals surface area contributed by atoms with Crippen molar-refractivity contribution >= 4 is 49.8 Å². The van der Waals surface area contributed by atoms with E-state index >= 15 is 0 Å². The topological polar surface area (TPSA) is 40.4 Å². The molecule has 0 saturated carbocycles. The lowest BCUT2D eigenvalue weighted by molar-refractivity contribution is 0.492. The van der Waals surface area contributed by atoms with Crippen LogP contribution in [0.1, 0.15) is 42.1 Å². The summed E-state index contributed by atoms with van der Waals surface area (Å²) in [6.07, 6.45) is -0.297. The minimum Gasteiger partial charge on any atom is -0.456 e. The Bertz CT molecular complexity index is 2930. The Morgan fingerprint density at radius 2 is 1.20 bits per heavy atom. The number of nitrogens with zero attached hydrogens (tertiary/aromatic N) is 1. The molecular formula is C51H39N3O. The molecule has 0 saturated heterocycles. The molecule has 2 aliphatic rings. The molecular weight excluding hydrogens is 671 g/mol. The Labute approximate surface area is 320 Å². The van der Waals surface area contributed by atoms with Crippen LogP contribution in [0.5, 0.6) is 0 Å². The van der Waals surface area contributed by atoms with Crippen LogP contribution in [0.25, 0.3) is 55.0 Å². The highest BCUT2D eigenvalue weighted by Gasteiger charge is 2.37. The lowest BCUT2D eigenvalue weighted by Gasteiger charge is -2.42. The molecule has 2 heterocycles. The second kappa shape index (κ2) is 12.2.